The number of hydrogen-bond donors (Lipinski definition) is 2. The fourth-order valence-electron chi connectivity index (χ4n) is 3.80. The van der Waals surface area contributed by atoms with Gasteiger partial charge in [0.1, 0.15) is 11.3 Å². The number of fused-ring (bicyclic) bond motifs is 3. The van der Waals surface area contributed by atoms with E-state index in [0.717, 1.165) is 22.0 Å². The van der Waals surface area contributed by atoms with Crippen LogP contribution in [-0.4, -0.2) is 28.0 Å². The number of H-pyrrole nitrogens is 2. The number of aromatic amines is 2. The molecule has 0 saturated heterocycles. The van der Waals surface area contributed by atoms with E-state index in [2.05, 4.69) is 60.1 Å². The summed E-state index contributed by atoms with van der Waals surface area (Å²) in [6.07, 6.45) is 2.40. The lowest BCUT2D eigenvalue weighted by atomic mass is 9.86. The molecule has 2 N–H and O–H groups in total. The predicted octanol–water partition coefficient (Wildman–Crippen LogP) is 4.19. The second kappa shape index (κ2) is 8.15. The topological polar surface area (TPSA) is 92.2 Å². The van der Waals surface area contributed by atoms with Gasteiger partial charge < -0.3 is 14.7 Å². The van der Waals surface area contributed by atoms with E-state index in [1.165, 1.54) is 11.1 Å². The third kappa shape index (κ3) is 4.10. The smallest absolute Gasteiger partial charge is 0.350 e. The molecule has 7 nitrogen and oxygen atoms in total. The van der Waals surface area contributed by atoms with Crippen molar-refractivity contribution in [2.75, 3.05) is 7.11 Å². The summed E-state index contributed by atoms with van der Waals surface area (Å²) in [6.45, 7) is 8.57. The van der Waals surface area contributed by atoms with Crippen LogP contribution in [-0.2, 0) is 11.8 Å². The van der Waals surface area contributed by atoms with Crippen LogP contribution >= 0.6 is 0 Å². The maximum Gasteiger partial charge on any atom is 0.350 e. The molecular formula is C25H28N4O3. The van der Waals surface area contributed by atoms with Gasteiger partial charge in [0.15, 0.2) is 0 Å². The first-order valence-corrected chi connectivity index (χ1v) is 10.7. The molecule has 4 rings (SSSR count). The second-order valence-corrected chi connectivity index (χ2v) is 9.23. The van der Waals surface area contributed by atoms with E-state index < -0.39 is 11.2 Å². The van der Waals surface area contributed by atoms with Crippen LogP contribution in [0.3, 0.4) is 0 Å². The number of nitrogens with zero attached hydrogens (tertiary/aromatic N) is 2. The molecule has 32 heavy (non-hydrogen) atoms. The van der Waals surface area contributed by atoms with Crippen LogP contribution in [0.25, 0.3) is 21.9 Å². The monoisotopic (exact) mass is 432 g/mol. The minimum Gasteiger partial charge on any atom is -0.497 e. The van der Waals surface area contributed by atoms with Gasteiger partial charge in [-0.2, -0.15) is 5.10 Å². The van der Waals surface area contributed by atoms with Crippen LogP contribution in [0.5, 0.6) is 5.75 Å². The highest BCUT2D eigenvalue weighted by Crippen LogP contribution is 2.25. The average Bonchev–Trinajstić information content (AvgIpc) is 3.11. The maximum absolute atomic E-state index is 12.9. The van der Waals surface area contributed by atoms with Gasteiger partial charge in [0.05, 0.1) is 12.6 Å². The maximum atomic E-state index is 12.9. The molecule has 166 valence electrons. The summed E-state index contributed by atoms with van der Waals surface area (Å²) in [5.41, 5.74) is 2.99. The van der Waals surface area contributed by atoms with Crippen LogP contribution in [0, 0.1) is 5.92 Å². The van der Waals surface area contributed by atoms with Crippen molar-refractivity contribution in [2.45, 2.75) is 39.5 Å². The fourth-order valence-corrected chi connectivity index (χ4v) is 3.80. The fraction of sp³-hybridized carbons (Fsp3) is 0.320. The van der Waals surface area contributed by atoms with E-state index in [9.17, 15) is 9.59 Å². The van der Waals surface area contributed by atoms with E-state index in [4.69, 9.17) is 4.74 Å². The van der Waals surface area contributed by atoms with Crippen molar-refractivity contribution in [1.82, 2.24) is 14.6 Å². The van der Waals surface area contributed by atoms with E-state index in [0.29, 0.717) is 16.8 Å². The zero-order valence-electron chi connectivity index (χ0n) is 19.0. The van der Waals surface area contributed by atoms with Crippen LogP contribution in [0.1, 0.15) is 38.8 Å². The Bertz CT molecular complexity index is 1420. The summed E-state index contributed by atoms with van der Waals surface area (Å²) >= 11 is 0. The number of benzene rings is 2. The summed E-state index contributed by atoms with van der Waals surface area (Å²) in [6, 6.07) is 13.9. The molecule has 0 radical (unpaired) electrons. The Labute approximate surface area is 185 Å². The molecule has 1 unspecified atom stereocenters. The molecule has 0 spiro atoms. The molecule has 0 saturated carbocycles. The van der Waals surface area contributed by atoms with Crippen molar-refractivity contribution in [1.29, 1.82) is 0 Å². The van der Waals surface area contributed by atoms with Crippen molar-refractivity contribution in [3.05, 3.63) is 74.4 Å². The van der Waals surface area contributed by atoms with Gasteiger partial charge in [0, 0.05) is 17.1 Å². The number of methoxy groups -OCH3 is 1. The normalized spacial score (nSPS) is 13.3. The van der Waals surface area contributed by atoms with Gasteiger partial charge in [-0.3, -0.25) is 4.79 Å². The number of rotatable bonds is 5. The van der Waals surface area contributed by atoms with E-state index in [1.807, 2.05) is 13.0 Å². The summed E-state index contributed by atoms with van der Waals surface area (Å²) in [4.78, 5) is 31.4. The van der Waals surface area contributed by atoms with Crippen LogP contribution in [0.2, 0.25) is 0 Å². The van der Waals surface area contributed by atoms with Crippen LogP contribution in [0.15, 0.2) is 57.2 Å². The molecule has 0 aliphatic heterocycles. The second-order valence-electron chi connectivity index (χ2n) is 9.23. The quantitative estimate of drug-likeness (QED) is 0.463. The Morgan fingerprint density at radius 1 is 1.06 bits per heavy atom. The first-order valence-electron chi connectivity index (χ1n) is 10.7. The van der Waals surface area contributed by atoms with E-state index in [-0.39, 0.29) is 11.3 Å². The van der Waals surface area contributed by atoms with Gasteiger partial charge in [-0.05, 0) is 47.1 Å². The number of hydrogen-bond acceptors (Lipinski definition) is 4. The lowest BCUT2D eigenvalue weighted by molar-refractivity contribution is 0.415. The van der Waals surface area contributed by atoms with Crippen LogP contribution < -0.4 is 16.0 Å². The van der Waals surface area contributed by atoms with Crippen molar-refractivity contribution in [2.24, 2.45) is 11.0 Å². The molecule has 7 heteroatoms. The van der Waals surface area contributed by atoms with Crippen molar-refractivity contribution in [3.8, 4) is 5.75 Å². The first-order chi connectivity index (χ1) is 15.2. The predicted molar refractivity (Wildman–Crippen MR) is 129 cm³/mol. The van der Waals surface area contributed by atoms with Crippen molar-refractivity contribution < 1.29 is 4.74 Å². The highest BCUT2D eigenvalue weighted by Gasteiger charge is 2.15. The van der Waals surface area contributed by atoms with Crippen LogP contribution in [0.4, 0.5) is 0 Å². The minimum absolute atomic E-state index is 0.0458. The summed E-state index contributed by atoms with van der Waals surface area (Å²) in [5, 5.41) is 4.92. The Hall–Kier alpha value is -3.61. The van der Waals surface area contributed by atoms with Gasteiger partial charge in [-0.1, -0.05) is 52.0 Å². The van der Waals surface area contributed by atoms with Gasteiger partial charge in [-0.15, -0.1) is 4.68 Å². The molecule has 0 aliphatic rings. The average molecular weight is 433 g/mol. The number of aromatic nitrogens is 3. The Morgan fingerprint density at radius 3 is 2.44 bits per heavy atom. The zero-order chi connectivity index (χ0) is 23.0. The lowest BCUT2D eigenvalue weighted by Gasteiger charge is -2.19. The van der Waals surface area contributed by atoms with Gasteiger partial charge >= 0.3 is 11.2 Å². The van der Waals surface area contributed by atoms with Crippen molar-refractivity contribution in [3.63, 3.8) is 0 Å². The van der Waals surface area contributed by atoms with Crippen molar-refractivity contribution >= 4 is 28.2 Å². The summed E-state index contributed by atoms with van der Waals surface area (Å²) in [7, 11) is 1.57. The molecule has 2 aromatic heterocycles. The standard InChI is InChI=1S/C25H28N4O3/c1-15(12-16-6-8-17(9-7-16)25(2,3)4)14-26-29-23(30)22-21(28-24(29)31)19-13-18(32-5)10-11-20(19)27-22/h6-11,13-15,27H,12H2,1-5H3,(H,28,31). The highest BCUT2D eigenvalue weighted by molar-refractivity contribution is 6.04. The number of ether oxygens (including phenoxy) is 1. The van der Waals surface area contributed by atoms with Gasteiger partial charge in [-0.25, -0.2) is 4.79 Å². The molecule has 2 aromatic carbocycles. The van der Waals surface area contributed by atoms with Gasteiger partial charge in [0.25, 0.3) is 0 Å². The Morgan fingerprint density at radius 2 is 1.78 bits per heavy atom. The molecule has 0 fully saturated rings. The zero-order valence-corrected chi connectivity index (χ0v) is 19.0. The molecule has 4 aromatic rings. The Kier molecular flexibility index (Phi) is 5.50. The molecule has 0 bridgehead atoms. The molecule has 0 amide bonds. The summed E-state index contributed by atoms with van der Waals surface area (Å²) < 4.78 is 6.12. The molecule has 1 atom stereocenters. The van der Waals surface area contributed by atoms with Gasteiger partial charge in [0.2, 0.25) is 0 Å². The third-order valence-corrected chi connectivity index (χ3v) is 5.65. The third-order valence-electron chi connectivity index (χ3n) is 5.65. The minimum atomic E-state index is -0.579. The molecule has 0 aliphatic carbocycles. The summed E-state index contributed by atoms with van der Waals surface area (Å²) in [5.74, 6) is 0.690. The van der Waals surface area contributed by atoms with E-state index >= 15 is 0 Å². The lowest BCUT2D eigenvalue weighted by Crippen LogP contribution is -2.32. The molecule has 2 heterocycles. The SMILES string of the molecule is COc1ccc2[nH]c3c(=O)n(N=CC(C)Cc4ccc(C(C)(C)C)cc4)c(=O)[nH]c3c2c1. The molecular weight excluding hydrogens is 404 g/mol. The highest BCUT2D eigenvalue weighted by atomic mass is 16.5. The first kappa shape index (κ1) is 21.6. The Balaban J connectivity index is 1.61. The largest absolute Gasteiger partial charge is 0.497 e. The van der Waals surface area contributed by atoms with E-state index in [1.54, 1.807) is 25.5 Å². The number of nitrogens with one attached hydrogen (secondary N) is 2.